The second-order valence-electron chi connectivity index (χ2n) is 7.54. The number of aromatic nitrogens is 1. The summed E-state index contributed by atoms with van der Waals surface area (Å²) in [5.41, 5.74) is 2.42. The first-order valence-corrected chi connectivity index (χ1v) is 12.9. The zero-order valence-corrected chi connectivity index (χ0v) is 20.0. The predicted octanol–water partition coefficient (Wildman–Crippen LogP) is 3.30. The molecule has 0 aliphatic carbocycles. The molecule has 33 heavy (non-hydrogen) atoms. The fourth-order valence-corrected chi connectivity index (χ4v) is 5.72. The molecule has 2 aromatic carbocycles. The molecular weight excluding hydrogens is 462 g/mol. The van der Waals surface area contributed by atoms with E-state index in [1.165, 1.54) is 28.2 Å². The van der Waals surface area contributed by atoms with Gasteiger partial charge in [-0.2, -0.15) is 4.31 Å². The van der Waals surface area contributed by atoms with Crippen LogP contribution in [0.15, 0.2) is 58.5 Å². The summed E-state index contributed by atoms with van der Waals surface area (Å²) in [6.07, 6.45) is 0. The van der Waals surface area contributed by atoms with Crippen molar-refractivity contribution in [1.82, 2.24) is 9.29 Å². The van der Waals surface area contributed by atoms with Gasteiger partial charge in [-0.1, -0.05) is 11.8 Å². The number of fused-ring (bicyclic) bond motifs is 1. The van der Waals surface area contributed by atoms with E-state index in [0.717, 1.165) is 27.2 Å². The van der Waals surface area contributed by atoms with Gasteiger partial charge in [0.1, 0.15) is 5.75 Å². The number of carbonyl (C=O) groups excluding carboxylic acids is 1. The lowest BCUT2D eigenvalue weighted by atomic mass is 10.1. The van der Waals surface area contributed by atoms with Crippen molar-refractivity contribution in [3.05, 3.63) is 54.1 Å². The van der Waals surface area contributed by atoms with Gasteiger partial charge in [0.05, 0.1) is 41.5 Å². The highest BCUT2D eigenvalue weighted by Crippen LogP contribution is 2.27. The molecular formula is C23H25N3O5S2. The van der Waals surface area contributed by atoms with Crippen LogP contribution in [-0.2, 0) is 19.6 Å². The summed E-state index contributed by atoms with van der Waals surface area (Å²) in [5.74, 6) is 0.706. The van der Waals surface area contributed by atoms with Crippen molar-refractivity contribution in [3.63, 3.8) is 0 Å². The van der Waals surface area contributed by atoms with Crippen LogP contribution < -0.4 is 10.1 Å². The van der Waals surface area contributed by atoms with Gasteiger partial charge in [0.25, 0.3) is 0 Å². The molecule has 1 amide bonds. The maximum absolute atomic E-state index is 12.7. The highest BCUT2D eigenvalue weighted by Gasteiger charge is 2.26. The maximum Gasteiger partial charge on any atom is 0.243 e. The summed E-state index contributed by atoms with van der Waals surface area (Å²) in [4.78, 5) is 17.3. The van der Waals surface area contributed by atoms with Crippen LogP contribution >= 0.6 is 11.8 Å². The van der Waals surface area contributed by atoms with Gasteiger partial charge in [-0.25, -0.2) is 13.4 Å². The van der Waals surface area contributed by atoms with E-state index in [9.17, 15) is 13.2 Å². The number of aryl methyl sites for hydroxylation is 1. The van der Waals surface area contributed by atoms with Gasteiger partial charge in [-0.15, -0.1) is 0 Å². The number of rotatable bonds is 7. The Hall–Kier alpha value is -2.66. The Morgan fingerprint density at radius 2 is 1.88 bits per heavy atom. The molecule has 0 unspecified atom stereocenters. The van der Waals surface area contributed by atoms with Gasteiger partial charge < -0.3 is 14.8 Å². The molecule has 8 nitrogen and oxygen atoms in total. The van der Waals surface area contributed by atoms with Gasteiger partial charge >= 0.3 is 0 Å². The van der Waals surface area contributed by atoms with Gasteiger partial charge in [-0.3, -0.25) is 4.79 Å². The largest absolute Gasteiger partial charge is 0.497 e. The van der Waals surface area contributed by atoms with E-state index in [0.29, 0.717) is 32.0 Å². The lowest BCUT2D eigenvalue weighted by Crippen LogP contribution is -2.40. The number of ether oxygens (including phenoxy) is 2. The summed E-state index contributed by atoms with van der Waals surface area (Å²) < 4.78 is 37.3. The number of methoxy groups -OCH3 is 1. The Morgan fingerprint density at radius 1 is 1.15 bits per heavy atom. The minimum Gasteiger partial charge on any atom is -0.497 e. The number of nitrogens with zero attached hydrogens (tertiary/aromatic N) is 2. The minimum absolute atomic E-state index is 0.176. The smallest absolute Gasteiger partial charge is 0.243 e. The summed E-state index contributed by atoms with van der Waals surface area (Å²) in [7, 11) is -1.95. The third-order valence-electron chi connectivity index (χ3n) is 5.30. The highest BCUT2D eigenvalue weighted by atomic mass is 32.2. The zero-order valence-electron chi connectivity index (χ0n) is 18.4. The van der Waals surface area contributed by atoms with Gasteiger partial charge in [0.2, 0.25) is 15.9 Å². The normalized spacial score (nSPS) is 14.8. The summed E-state index contributed by atoms with van der Waals surface area (Å²) in [6, 6.07) is 13.9. The lowest BCUT2D eigenvalue weighted by Gasteiger charge is -2.26. The van der Waals surface area contributed by atoms with Crippen LogP contribution in [0.25, 0.3) is 10.9 Å². The number of amides is 1. The van der Waals surface area contributed by atoms with E-state index >= 15 is 0 Å². The third-order valence-corrected chi connectivity index (χ3v) is 8.12. The Morgan fingerprint density at radius 3 is 2.58 bits per heavy atom. The molecule has 3 aromatic rings. The Bertz CT molecular complexity index is 1260. The number of carbonyl (C=O) groups is 1. The van der Waals surface area contributed by atoms with Gasteiger partial charge in [0, 0.05) is 30.2 Å². The van der Waals surface area contributed by atoms with Crippen molar-refractivity contribution < 1.29 is 22.7 Å². The fourth-order valence-electron chi connectivity index (χ4n) is 3.54. The molecule has 10 heteroatoms. The Labute approximate surface area is 197 Å². The minimum atomic E-state index is -3.56. The number of thioether (sulfide) groups is 1. The SMILES string of the molecule is COc1ccc2c(C)cc(SCC(=O)Nc3ccc(S(=O)(=O)N4CCOCC4)cc3)nc2c1. The number of pyridine rings is 1. The molecule has 1 aliphatic rings. The van der Waals surface area contributed by atoms with Crippen LogP contribution in [0, 0.1) is 6.92 Å². The third kappa shape index (κ3) is 5.47. The molecule has 4 rings (SSSR count). The van der Waals surface area contributed by atoms with E-state index < -0.39 is 10.0 Å². The van der Waals surface area contributed by atoms with E-state index in [2.05, 4.69) is 10.3 Å². The number of hydrogen-bond donors (Lipinski definition) is 1. The fraction of sp³-hybridized carbons (Fsp3) is 0.304. The molecule has 174 valence electrons. The second kappa shape index (κ2) is 10.1. The van der Waals surface area contributed by atoms with Crippen molar-refractivity contribution in [3.8, 4) is 5.75 Å². The van der Waals surface area contributed by atoms with E-state index in [1.54, 1.807) is 19.2 Å². The molecule has 0 bridgehead atoms. The highest BCUT2D eigenvalue weighted by molar-refractivity contribution is 7.99. The molecule has 1 fully saturated rings. The molecule has 0 saturated carbocycles. The molecule has 1 aliphatic heterocycles. The number of nitrogens with one attached hydrogen (secondary N) is 1. The van der Waals surface area contributed by atoms with Crippen LogP contribution in [0.2, 0.25) is 0 Å². The average Bonchev–Trinajstić information content (AvgIpc) is 2.83. The van der Waals surface area contributed by atoms with Crippen molar-refractivity contribution in [2.45, 2.75) is 16.8 Å². The first-order valence-electron chi connectivity index (χ1n) is 10.4. The molecule has 2 heterocycles. The molecule has 1 aromatic heterocycles. The van der Waals surface area contributed by atoms with Crippen molar-refractivity contribution >= 4 is 44.3 Å². The molecule has 1 saturated heterocycles. The summed E-state index contributed by atoms with van der Waals surface area (Å²) in [6.45, 7) is 3.47. The van der Waals surface area contributed by atoms with Crippen molar-refractivity contribution in [2.24, 2.45) is 0 Å². The van der Waals surface area contributed by atoms with Crippen LogP contribution in [0.5, 0.6) is 5.75 Å². The topological polar surface area (TPSA) is 97.8 Å². The average molecular weight is 488 g/mol. The molecule has 1 N–H and O–H groups in total. The zero-order chi connectivity index (χ0) is 23.4. The van der Waals surface area contributed by atoms with E-state index in [1.807, 2.05) is 31.2 Å². The summed E-state index contributed by atoms with van der Waals surface area (Å²) >= 11 is 1.34. The van der Waals surface area contributed by atoms with Crippen LogP contribution in [-0.4, -0.2) is 62.8 Å². The van der Waals surface area contributed by atoms with Crippen LogP contribution in [0.1, 0.15) is 5.56 Å². The molecule has 0 radical (unpaired) electrons. The number of hydrogen-bond acceptors (Lipinski definition) is 7. The van der Waals surface area contributed by atoms with Crippen LogP contribution in [0.3, 0.4) is 0 Å². The van der Waals surface area contributed by atoms with Crippen LogP contribution in [0.4, 0.5) is 5.69 Å². The number of sulfonamides is 1. The number of anilines is 1. The first kappa shape index (κ1) is 23.5. The summed E-state index contributed by atoms with van der Waals surface area (Å²) in [5, 5.41) is 4.59. The van der Waals surface area contributed by atoms with Gasteiger partial charge in [-0.05, 0) is 55.0 Å². The van der Waals surface area contributed by atoms with Crippen molar-refractivity contribution in [2.75, 3.05) is 44.5 Å². The Kier molecular flexibility index (Phi) is 7.18. The lowest BCUT2D eigenvalue weighted by molar-refractivity contribution is -0.113. The quantitative estimate of drug-likeness (QED) is 0.511. The van der Waals surface area contributed by atoms with Crippen molar-refractivity contribution in [1.29, 1.82) is 0 Å². The first-order chi connectivity index (χ1) is 15.9. The predicted molar refractivity (Wildman–Crippen MR) is 128 cm³/mol. The molecule has 0 spiro atoms. The van der Waals surface area contributed by atoms with E-state index in [-0.39, 0.29) is 16.6 Å². The standard InChI is InChI=1S/C23H25N3O5S2/c1-16-13-23(25-21-14-18(30-2)5-8-20(16)21)32-15-22(27)24-17-3-6-19(7-4-17)33(28,29)26-9-11-31-12-10-26/h3-8,13-14H,9-12,15H2,1-2H3,(H,24,27). The second-order valence-corrected chi connectivity index (χ2v) is 10.5. The number of benzene rings is 2. The number of morpholine rings is 1. The Balaban J connectivity index is 1.38. The maximum atomic E-state index is 12.7. The van der Waals surface area contributed by atoms with E-state index in [4.69, 9.17) is 9.47 Å². The monoisotopic (exact) mass is 487 g/mol. The van der Waals surface area contributed by atoms with Gasteiger partial charge in [0.15, 0.2) is 0 Å². The molecule has 0 atom stereocenters.